The third-order valence-electron chi connectivity index (χ3n) is 4.03. The van der Waals surface area contributed by atoms with Gasteiger partial charge in [-0.15, -0.1) is 0 Å². The summed E-state index contributed by atoms with van der Waals surface area (Å²) < 4.78 is 63.5. The van der Waals surface area contributed by atoms with Crippen LogP contribution in [0.3, 0.4) is 0 Å². The average molecular weight is 391 g/mol. The number of benzene rings is 1. The summed E-state index contributed by atoms with van der Waals surface area (Å²) in [6.45, 7) is -2.10. The Labute approximate surface area is 154 Å². The molecule has 1 saturated heterocycles. The predicted molar refractivity (Wildman–Crippen MR) is 89.9 cm³/mol. The largest absolute Gasteiger partial charge is 0.435 e. The summed E-state index contributed by atoms with van der Waals surface area (Å²) in [5, 5.41) is 0. The van der Waals surface area contributed by atoms with E-state index in [-0.39, 0.29) is 28.9 Å². The second kappa shape index (κ2) is 10.1. The van der Waals surface area contributed by atoms with Crippen molar-refractivity contribution < 1.29 is 36.6 Å². The molecule has 27 heavy (non-hydrogen) atoms. The van der Waals surface area contributed by atoms with Gasteiger partial charge in [0.2, 0.25) is 5.91 Å². The van der Waals surface area contributed by atoms with Crippen molar-refractivity contribution >= 4 is 12.0 Å². The molecule has 1 aliphatic rings. The first-order valence-corrected chi connectivity index (χ1v) is 8.47. The molecule has 1 unspecified atom stereocenters. The van der Waals surface area contributed by atoms with Gasteiger partial charge in [-0.05, 0) is 31.6 Å². The first kappa shape index (κ1) is 21.0. The number of nitrogens with zero attached hydrogens (tertiary/aromatic N) is 1. The Kier molecular flexibility index (Phi) is 7.90. The van der Waals surface area contributed by atoms with Gasteiger partial charge >= 0.3 is 13.2 Å². The SMILES string of the molecule is CCN(CC1CCOC1)C(=O)/C=C/c1ccc(OC(F)F)cc1OC(F)F. The van der Waals surface area contributed by atoms with Crippen LogP contribution in [0.4, 0.5) is 17.6 Å². The lowest BCUT2D eigenvalue weighted by Crippen LogP contribution is -2.34. The van der Waals surface area contributed by atoms with Crippen LogP contribution in [0.15, 0.2) is 24.3 Å². The Bertz CT molecular complexity index is 648. The van der Waals surface area contributed by atoms with Crippen molar-refractivity contribution in [1.29, 1.82) is 0 Å². The van der Waals surface area contributed by atoms with Gasteiger partial charge < -0.3 is 19.1 Å². The summed E-state index contributed by atoms with van der Waals surface area (Å²) in [5.74, 6) is -0.703. The smallest absolute Gasteiger partial charge is 0.387 e. The van der Waals surface area contributed by atoms with Crippen molar-refractivity contribution in [2.24, 2.45) is 5.92 Å². The topological polar surface area (TPSA) is 48.0 Å². The Morgan fingerprint density at radius 3 is 2.63 bits per heavy atom. The number of alkyl halides is 4. The van der Waals surface area contributed by atoms with Crippen LogP contribution >= 0.6 is 0 Å². The molecule has 0 aliphatic carbocycles. The molecule has 0 saturated carbocycles. The number of hydrogen-bond donors (Lipinski definition) is 0. The lowest BCUT2D eigenvalue weighted by atomic mass is 10.1. The molecular weight excluding hydrogens is 370 g/mol. The predicted octanol–water partition coefficient (Wildman–Crippen LogP) is 3.79. The lowest BCUT2D eigenvalue weighted by molar-refractivity contribution is -0.126. The van der Waals surface area contributed by atoms with E-state index in [9.17, 15) is 22.4 Å². The fourth-order valence-electron chi connectivity index (χ4n) is 2.71. The normalized spacial score (nSPS) is 17.1. The van der Waals surface area contributed by atoms with Gasteiger partial charge in [0.25, 0.3) is 0 Å². The van der Waals surface area contributed by atoms with Gasteiger partial charge in [0, 0.05) is 43.3 Å². The molecule has 1 amide bonds. The van der Waals surface area contributed by atoms with Crippen molar-refractivity contribution in [3.63, 3.8) is 0 Å². The minimum atomic E-state index is -3.15. The summed E-state index contributed by atoms with van der Waals surface area (Å²) in [5.41, 5.74) is 0.144. The second-order valence-corrected chi connectivity index (χ2v) is 5.90. The molecule has 1 aromatic carbocycles. The van der Waals surface area contributed by atoms with E-state index in [0.29, 0.717) is 26.3 Å². The van der Waals surface area contributed by atoms with E-state index in [4.69, 9.17) is 4.74 Å². The monoisotopic (exact) mass is 391 g/mol. The number of amides is 1. The number of rotatable bonds is 9. The molecule has 1 aliphatic heterocycles. The van der Waals surface area contributed by atoms with Crippen LogP contribution in [0, 0.1) is 5.92 Å². The van der Waals surface area contributed by atoms with E-state index in [1.165, 1.54) is 24.3 Å². The van der Waals surface area contributed by atoms with Gasteiger partial charge in [-0.2, -0.15) is 17.6 Å². The number of hydrogen-bond acceptors (Lipinski definition) is 4. The fourth-order valence-corrected chi connectivity index (χ4v) is 2.71. The van der Waals surface area contributed by atoms with E-state index in [0.717, 1.165) is 12.5 Å². The van der Waals surface area contributed by atoms with E-state index >= 15 is 0 Å². The first-order valence-electron chi connectivity index (χ1n) is 8.47. The van der Waals surface area contributed by atoms with Crippen LogP contribution in [-0.2, 0) is 9.53 Å². The summed E-state index contributed by atoms with van der Waals surface area (Å²) >= 11 is 0. The molecule has 0 spiro atoms. The number of likely N-dealkylation sites (N-methyl/N-ethyl adjacent to an activating group) is 1. The Morgan fingerprint density at radius 1 is 1.30 bits per heavy atom. The maximum atomic E-state index is 12.6. The minimum Gasteiger partial charge on any atom is -0.435 e. The molecule has 0 radical (unpaired) electrons. The van der Waals surface area contributed by atoms with E-state index in [2.05, 4.69) is 9.47 Å². The minimum absolute atomic E-state index is 0.144. The molecule has 1 fully saturated rings. The number of carbonyl (C=O) groups excluding carboxylic acids is 1. The first-order chi connectivity index (χ1) is 12.9. The molecule has 9 heteroatoms. The Balaban J connectivity index is 2.11. The van der Waals surface area contributed by atoms with Crippen molar-refractivity contribution in [2.45, 2.75) is 26.6 Å². The molecule has 2 rings (SSSR count). The second-order valence-electron chi connectivity index (χ2n) is 5.90. The van der Waals surface area contributed by atoms with Crippen LogP contribution < -0.4 is 9.47 Å². The summed E-state index contributed by atoms with van der Waals surface area (Å²) in [4.78, 5) is 14.0. The third kappa shape index (κ3) is 6.74. The molecular formula is C18H21F4NO4. The van der Waals surface area contributed by atoms with Gasteiger partial charge in [0.1, 0.15) is 11.5 Å². The van der Waals surface area contributed by atoms with Crippen LogP contribution in [0.25, 0.3) is 6.08 Å². The van der Waals surface area contributed by atoms with E-state index in [1.54, 1.807) is 4.90 Å². The van der Waals surface area contributed by atoms with Gasteiger partial charge in [0.05, 0.1) is 6.61 Å². The summed E-state index contributed by atoms with van der Waals surface area (Å²) in [6, 6.07) is 3.37. The number of carbonyl (C=O) groups is 1. The number of halogens is 4. The van der Waals surface area contributed by atoms with Crippen LogP contribution in [0.5, 0.6) is 11.5 Å². The van der Waals surface area contributed by atoms with Gasteiger partial charge in [0.15, 0.2) is 0 Å². The van der Waals surface area contributed by atoms with Gasteiger partial charge in [-0.25, -0.2) is 0 Å². The zero-order chi connectivity index (χ0) is 19.8. The Hall–Kier alpha value is -2.29. The maximum absolute atomic E-state index is 12.6. The molecule has 1 aromatic rings. The van der Waals surface area contributed by atoms with Crippen LogP contribution in [0.2, 0.25) is 0 Å². The molecule has 0 N–H and O–H groups in total. The van der Waals surface area contributed by atoms with E-state index in [1.807, 2.05) is 6.92 Å². The zero-order valence-corrected chi connectivity index (χ0v) is 14.7. The summed E-state index contributed by atoms with van der Waals surface area (Å²) in [6.07, 6.45) is 3.42. The van der Waals surface area contributed by atoms with Crippen molar-refractivity contribution in [1.82, 2.24) is 4.90 Å². The molecule has 1 atom stereocenters. The highest BCUT2D eigenvalue weighted by Crippen LogP contribution is 2.28. The highest BCUT2D eigenvalue weighted by molar-refractivity contribution is 5.92. The fraction of sp³-hybridized carbons (Fsp3) is 0.500. The maximum Gasteiger partial charge on any atom is 0.387 e. The molecule has 0 aromatic heterocycles. The zero-order valence-electron chi connectivity index (χ0n) is 14.7. The third-order valence-corrected chi connectivity index (χ3v) is 4.03. The molecule has 150 valence electrons. The Morgan fingerprint density at radius 2 is 2.04 bits per heavy atom. The lowest BCUT2D eigenvalue weighted by Gasteiger charge is -2.22. The summed E-state index contributed by atoms with van der Waals surface area (Å²) in [7, 11) is 0. The molecule has 1 heterocycles. The average Bonchev–Trinajstić information content (AvgIpc) is 3.10. The van der Waals surface area contributed by atoms with Crippen LogP contribution in [-0.4, -0.2) is 50.3 Å². The quantitative estimate of drug-likeness (QED) is 0.475. The molecule has 0 bridgehead atoms. The highest BCUT2D eigenvalue weighted by atomic mass is 19.3. The number of ether oxygens (including phenoxy) is 3. The van der Waals surface area contributed by atoms with Gasteiger partial charge in [-0.1, -0.05) is 0 Å². The standard InChI is InChI=1S/C18H21F4NO4/c1-2-23(10-12-7-8-25-11-12)16(24)6-4-13-3-5-14(26-17(19)20)9-15(13)27-18(21)22/h3-6,9,12,17-18H,2,7-8,10-11H2,1H3/b6-4+. The van der Waals surface area contributed by atoms with Crippen molar-refractivity contribution in [3.05, 3.63) is 29.8 Å². The molecule has 5 nitrogen and oxygen atoms in total. The highest BCUT2D eigenvalue weighted by Gasteiger charge is 2.20. The van der Waals surface area contributed by atoms with Crippen LogP contribution in [0.1, 0.15) is 18.9 Å². The van der Waals surface area contributed by atoms with Crippen molar-refractivity contribution in [2.75, 3.05) is 26.3 Å². The van der Waals surface area contributed by atoms with Crippen molar-refractivity contribution in [3.8, 4) is 11.5 Å². The van der Waals surface area contributed by atoms with E-state index < -0.39 is 13.2 Å². The van der Waals surface area contributed by atoms with Gasteiger partial charge in [-0.3, -0.25) is 4.79 Å².